The molecule has 66 valence electrons. The lowest BCUT2D eigenvalue weighted by atomic mass is 10.1. The Hall–Kier alpha value is -0.160. The van der Waals surface area contributed by atoms with Crippen molar-refractivity contribution >= 4 is 0 Å². The number of β-amino-alcohol motifs (C(OH)–C–C–N with tert-alkyl or cyclic N) is 1. The smallest absolute Gasteiger partial charge is 0.0787 e. The van der Waals surface area contributed by atoms with Crippen LogP contribution in [0.5, 0.6) is 0 Å². The van der Waals surface area contributed by atoms with Crippen LogP contribution in [0.25, 0.3) is 0 Å². The summed E-state index contributed by atoms with van der Waals surface area (Å²) >= 11 is 0. The number of nitrogens with zero attached hydrogens (tertiary/aromatic N) is 1. The van der Waals surface area contributed by atoms with Gasteiger partial charge in [0, 0.05) is 26.2 Å². The van der Waals surface area contributed by atoms with Gasteiger partial charge in [-0.05, 0) is 6.92 Å². The SMILES string of the molecule is CC1(N)CNCCN1CCO. The molecule has 11 heavy (non-hydrogen) atoms. The third-order valence-corrected chi connectivity index (χ3v) is 2.13. The second kappa shape index (κ2) is 3.49. The lowest BCUT2D eigenvalue weighted by Crippen LogP contribution is -2.65. The number of aliphatic hydroxyl groups is 1. The van der Waals surface area contributed by atoms with E-state index in [9.17, 15) is 0 Å². The van der Waals surface area contributed by atoms with Gasteiger partial charge in [-0.2, -0.15) is 0 Å². The quantitative estimate of drug-likeness (QED) is 0.462. The largest absolute Gasteiger partial charge is 0.395 e. The van der Waals surface area contributed by atoms with Crippen LogP contribution in [0.2, 0.25) is 0 Å². The first-order chi connectivity index (χ1) is 5.17. The second-order valence-electron chi connectivity index (χ2n) is 3.24. The summed E-state index contributed by atoms with van der Waals surface area (Å²) in [6.45, 7) is 5.53. The number of aliphatic hydroxyl groups excluding tert-OH is 1. The molecule has 4 nitrogen and oxygen atoms in total. The molecule has 1 heterocycles. The highest BCUT2D eigenvalue weighted by molar-refractivity contribution is 4.86. The minimum Gasteiger partial charge on any atom is -0.395 e. The Balaban J connectivity index is 2.45. The van der Waals surface area contributed by atoms with Crippen LogP contribution < -0.4 is 11.1 Å². The van der Waals surface area contributed by atoms with E-state index in [1.165, 1.54) is 0 Å². The van der Waals surface area contributed by atoms with Crippen molar-refractivity contribution in [3.8, 4) is 0 Å². The Labute approximate surface area is 67.4 Å². The Morgan fingerprint density at radius 3 is 3.00 bits per heavy atom. The molecule has 0 aromatic rings. The molecule has 1 unspecified atom stereocenters. The fourth-order valence-electron chi connectivity index (χ4n) is 1.41. The van der Waals surface area contributed by atoms with Gasteiger partial charge in [-0.15, -0.1) is 0 Å². The van der Waals surface area contributed by atoms with Crippen LogP contribution >= 0.6 is 0 Å². The van der Waals surface area contributed by atoms with E-state index >= 15 is 0 Å². The molecule has 0 spiro atoms. The van der Waals surface area contributed by atoms with Crippen LogP contribution in [-0.4, -0.2) is 48.5 Å². The lowest BCUT2D eigenvalue weighted by Gasteiger charge is -2.42. The molecule has 0 aromatic carbocycles. The van der Waals surface area contributed by atoms with Crippen LogP contribution in [0.4, 0.5) is 0 Å². The maximum absolute atomic E-state index is 8.73. The summed E-state index contributed by atoms with van der Waals surface area (Å²) in [5, 5.41) is 11.9. The Morgan fingerprint density at radius 2 is 2.45 bits per heavy atom. The summed E-state index contributed by atoms with van der Waals surface area (Å²) < 4.78 is 0. The molecule has 0 radical (unpaired) electrons. The van der Waals surface area contributed by atoms with Gasteiger partial charge >= 0.3 is 0 Å². The fourth-order valence-corrected chi connectivity index (χ4v) is 1.41. The maximum atomic E-state index is 8.73. The molecule has 4 heteroatoms. The highest BCUT2D eigenvalue weighted by Gasteiger charge is 2.29. The minimum atomic E-state index is -0.291. The number of rotatable bonds is 2. The van der Waals surface area contributed by atoms with E-state index in [-0.39, 0.29) is 12.3 Å². The monoisotopic (exact) mass is 159 g/mol. The predicted molar refractivity (Wildman–Crippen MR) is 44.1 cm³/mol. The normalized spacial score (nSPS) is 34.1. The van der Waals surface area contributed by atoms with Crippen LogP contribution in [-0.2, 0) is 0 Å². The number of nitrogens with two attached hydrogens (primary N) is 1. The maximum Gasteiger partial charge on any atom is 0.0787 e. The van der Waals surface area contributed by atoms with Gasteiger partial charge in [0.1, 0.15) is 0 Å². The Kier molecular flexibility index (Phi) is 2.84. The average molecular weight is 159 g/mol. The second-order valence-corrected chi connectivity index (χ2v) is 3.24. The molecule has 1 atom stereocenters. The summed E-state index contributed by atoms with van der Waals surface area (Å²) in [6.07, 6.45) is 0. The standard InChI is InChI=1S/C7H17N3O/c1-7(8)6-9-2-3-10(7)4-5-11/h9,11H,2-6,8H2,1H3. The molecule has 0 bridgehead atoms. The summed E-state index contributed by atoms with van der Waals surface area (Å²) in [7, 11) is 0. The summed E-state index contributed by atoms with van der Waals surface area (Å²) in [5.41, 5.74) is 5.67. The van der Waals surface area contributed by atoms with Gasteiger partial charge in [0.25, 0.3) is 0 Å². The van der Waals surface area contributed by atoms with Crippen molar-refractivity contribution in [2.24, 2.45) is 5.73 Å². The molecule has 0 saturated carbocycles. The summed E-state index contributed by atoms with van der Waals surface area (Å²) in [4.78, 5) is 2.10. The van der Waals surface area contributed by atoms with Crippen LogP contribution in [0, 0.1) is 0 Å². The van der Waals surface area contributed by atoms with E-state index in [0.717, 1.165) is 19.6 Å². The summed E-state index contributed by atoms with van der Waals surface area (Å²) in [5.74, 6) is 0. The first kappa shape index (κ1) is 8.93. The van der Waals surface area contributed by atoms with E-state index in [1.54, 1.807) is 0 Å². The molecule has 4 N–H and O–H groups in total. The number of piperazine rings is 1. The van der Waals surface area contributed by atoms with E-state index in [2.05, 4.69) is 10.2 Å². The van der Waals surface area contributed by atoms with Gasteiger partial charge in [-0.3, -0.25) is 4.90 Å². The van der Waals surface area contributed by atoms with Crippen molar-refractivity contribution < 1.29 is 5.11 Å². The molecule has 0 aliphatic carbocycles. The van der Waals surface area contributed by atoms with Crippen molar-refractivity contribution in [3.05, 3.63) is 0 Å². The molecule has 1 fully saturated rings. The van der Waals surface area contributed by atoms with Crippen LogP contribution in [0.3, 0.4) is 0 Å². The third kappa shape index (κ3) is 2.13. The first-order valence-electron chi connectivity index (χ1n) is 4.02. The highest BCUT2D eigenvalue weighted by atomic mass is 16.3. The molecule has 1 aliphatic rings. The molecule has 1 rings (SSSR count). The lowest BCUT2D eigenvalue weighted by molar-refractivity contribution is 0.0613. The number of hydrogen-bond acceptors (Lipinski definition) is 4. The van der Waals surface area contributed by atoms with Gasteiger partial charge in [-0.1, -0.05) is 0 Å². The van der Waals surface area contributed by atoms with Crippen molar-refractivity contribution in [2.45, 2.75) is 12.6 Å². The first-order valence-corrected chi connectivity index (χ1v) is 4.02. The van der Waals surface area contributed by atoms with Gasteiger partial charge in [0.15, 0.2) is 0 Å². The van der Waals surface area contributed by atoms with E-state index in [1.807, 2.05) is 6.92 Å². The van der Waals surface area contributed by atoms with Gasteiger partial charge in [0.2, 0.25) is 0 Å². The summed E-state index contributed by atoms with van der Waals surface area (Å²) in [6, 6.07) is 0. The van der Waals surface area contributed by atoms with Gasteiger partial charge in [-0.25, -0.2) is 0 Å². The zero-order valence-corrected chi connectivity index (χ0v) is 7.01. The van der Waals surface area contributed by atoms with E-state index < -0.39 is 0 Å². The van der Waals surface area contributed by atoms with Crippen molar-refractivity contribution in [1.29, 1.82) is 0 Å². The topological polar surface area (TPSA) is 61.5 Å². The van der Waals surface area contributed by atoms with E-state index in [4.69, 9.17) is 10.8 Å². The molecular formula is C7H17N3O. The van der Waals surface area contributed by atoms with Crippen LogP contribution in [0.15, 0.2) is 0 Å². The zero-order chi connectivity index (χ0) is 8.32. The van der Waals surface area contributed by atoms with Gasteiger partial charge < -0.3 is 16.2 Å². The fraction of sp³-hybridized carbons (Fsp3) is 1.00. The predicted octanol–water partition coefficient (Wildman–Crippen LogP) is -1.44. The van der Waals surface area contributed by atoms with Crippen LogP contribution in [0.1, 0.15) is 6.92 Å². The Morgan fingerprint density at radius 1 is 1.73 bits per heavy atom. The highest BCUT2D eigenvalue weighted by Crippen LogP contribution is 2.08. The number of hydrogen-bond donors (Lipinski definition) is 3. The average Bonchev–Trinajstić information content (AvgIpc) is 1.94. The minimum absolute atomic E-state index is 0.187. The Bertz CT molecular complexity index is 125. The third-order valence-electron chi connectivity index (χ3n) is 2.13. The van der Waals surface area contributed by atoms with Crippen molar-refractivity contribution in [1.82, 2.24) is 10.2 Å². The molecule has 0 amide bonds. The molecular weight excluding hydrogens is 142 g/mol. The van der Waals surface area contributed by atoms with E-state index in [0.29, 0.717) is 6.54 Å². The molecule has 0 aromatic heterocycles. The van der Waals surface area contributed by atoms with Crippen molar-refractivity contribution in [2.75, 3.05) is 32.8 Å². The van der Waals surface area contributed by atoms with Gasteiger partial charge in [0.05, 0.1) is 12.3 Å². The zero-order valence-electron chi connectivity index (χ0n) is 7.01. The van der Waals surface area contributed by atoms with Crippen molar-refractivity contribution in [3.63, 3.8) is 0 Å². The molecule has 1 aliphatic heterocycles. The molecule has 1 saturated heterocycles. The number of nitrogens with one attached hydrogen (secondary N) is 1.